The van der Waals surface area contributed by atoms with Gasteiger partial charge in [-0.15, -0.1) is 0 Å². The van der Waals surface area contributed by atoms with Crippen LogP contribution in [-0.4, -0.2) is 39.1 Å². The van der Waals surface area contributed by atoms with Crippen molar-refractivity contribution in [2.75, 3.05) is 11.4 Å². The van der Waals surface area contributed by atoms with Gasteiger partial charge in [-0.1, -0.05) is 33.6 Å². The van der Waals surface area contributed by atoms with Crippen LogP contribution >= 0.6 is 39.3 Å². The van der Waals surface area contributed by atoms with Crippen molar-refractivity contribution in [1.82, 2.24) is 9.47 Å². The van der Waals surface area contributed by atoms with Gasteiger partial charge in [-0.2, -0.15) is 0 Å². The molecule has 9 heteroatoms. The number of hydrogen-bond acceptors (Lipinski definition) is 4. The molecule has 2 aliphatic heterocycles. The van der Waals surface area contributed by atoms with E-state index < -0.39 is 5.91 Å². The second kappa shape index (κ2) is 9.84. The van der Waals surface area contributed by atoms with Crippen LogP contribution in [0, 0.1) is 0 Å². The number of carbonyl (C=O) groups is 3. The minimum atomic E-state index is -0.392. The number of thioether (sulfide) groups is 1. The number of anilines is 1. The normalized spacial score (nSPS) is 19.9. The number of piperidine rings is 1. The summed E-state index contributed by atoms with van der Waals surface area (Å²) in [5.74, 6) is -0.304. The summed E-state index contributed by atoms with van der Waals surface area (Å²) < 4.78 is 2.82. The third-order valence-electron chi connectivity index (χ3n) is 6.45. The molecule has 180 valence electrons. The predicted molar refractivity (Wildman–Crippen MR) is 145 cm³/mol. The van der Waals surface area contributed by atoms with Crippen LogP contribution in [0.1, 0.15) is 31.7 Å². The lowest BCUT2D eigenvalue weighted by atomic mass is 10.0. The summed E-state index contributed by atoms with van der Waals surface area (Å²) in [5, 5.41) is 0.974. The molecule has 0 saturated carbocycles. The van der Waals surface area contributed by atoms with E-state index in [1.807, 2.05) is 33.9 Å². The number of nitrogens with zero attached hydrogens (tertiary/aromatic N) is 3. The standard InChI is InChI=1S/C26H23BrClN3O3S/c1-16-5-2-3-10-30(16)24(32)15-29-14-17(21-12-18(27)8-9-22(21)29)11-23-25(33)31(26(34)35-23)20-7-4-6-19(28)13-20/h4,6-9,11-14,16H,2-3,5,10,15H2,1H3/b23-11-/t16-/m1/s1. The Kier molecular flexibility index (Phi) is 6.79. The summed E-state index contributed by atoms with van der Waals surface area (Å²) in [5.41, 5.74) is 2.11. The Labute approximate surface area is 221 Å². The summed E-state index contributed by atoms with van der Waals surface area (Å²) >= 11 is 10.5. The first-order valence-electron chi connectivity index (χ1n) is 11.4. The lowest BCUT2D eigenvalue weighted by molar-refractivity contribution is -0.135. The smallest absolute Gasteiger partial charge is 0.298 e. The molecule has 35 heavy (non-hydrogen) atoms. The molecular formula is C26H23BrClN3O3S. The number of likely N-dealkylation sites (tertiary alicyclic amines) is 1. The Morgan fingerprint density at radius 1 is 1.20 bits per heavy atom. The minimum Gasteiger partial charge on any atom is -0.338 e. The number of aromatic nitrogens is 1. The second-order valence-corrected chi connectivity index (χ2v) is 11.1. The fraction of sp³-hybridized carbons (Fsp3) is 0.269. The second-order valence-electron chi connectivity index (χ2n) is 8.80. The van der Waals surface area contributed by atoms with Crippen molar-refractivity contribution >= 4 is 79.0 Å². The van der Waals surface area contributed by atoms with Gasteiger partial charge in [0.2, 0.25) is 5.91 Å². The third-order valence-corrected chi connectivity index (χ3v) is 8.05. The number of halogens is 2. The lowest BCUT2D eigenvalue weighted by Gasteiger charge is -2.33. The largest absolute Gasteiger partial charge is 0.338 e. The Hall–Kier alpha value is -2.55. The molecule has 0 aliphatic carbocycles. The summed E-state index contributed by atoms with van der Waals surface area (Å²) in [6.45, 7) is 3.11. The molecule has 0 radical (unpaired) electrons. The van der Waals surface area contributed by atoms with Gasteiger partial charge < -0.3 is 9.47 Å². The Bertz CT molecular complexity index is 1390. The minimum absolute atomic E-state index is 0.0878. The highest BCUT2D eigenvalue weighted by atomic mass is 79.9. The Balaban J connectivity index is 1.49. The van der Waals surface area contributed by atoms with E-state index in [2.05, 4.69) is 22.9 Å². The first kappa shape index (κ1) is 24.2. The van der Waals surface area contributed by atoms with Crippen molar-refractivity contribution in [3.05, 3.63) is 68.6 Å². The molecule has 2 saturated heterocycles. The van der Waals surface area contributed by atoms with Gasteiger partial charge in [-0.25, -0.2) is 4.90 Å². The van der Waals surface area contributed by atoms with Crippen LogP contribution in [0.25, 0.3) is 17.0 Å². The van der Waals surface area contributed by atoms with Gasteiger partial charge in [0.05, 0.1) is 10.6 Å². The van der Waals surface area contributed by atoms with E-state index in [4.69, 9.17) is 11.6 Å². The summed E-state index contributed by atoms with van der Waals surface area (Å²) in [6, 6.07) is 12.8. The maximum atomic E-state index is 13.2. The summed E-state index contributed by atoms with van der Waals surface area (Å²) in [7, 11) is 0. The van der Waals surface area contributed by atoms with E-state index in [9.17, 15) is 14.4 Å². The summed E-state index contributed by atoms with van der Waals surface area (Å²) in [4.78, 5) is 42.4. The first-order valence-corrected chi connectivity index (χ1v) is 13.4. The molecule has 2 aliphatic rings. The maximum Gasteiger partial charge on any atom is 0.298 e. The van der Waals surface area contributed by atoms with Crippen molar-refractivity contribution in [2.45, 2.75) is 38.8 Å². The molecular weight excluding hydrogens is 550 g/mol. The van der Waals surface area contributed by atoms with Crippen molar-refractivity contribution in [3.63, 3.8) is 0 Å². The van der Waals surface area contributed by atoms with Crippen molar-refractivity contribution in [1.29, 1.82) is 0 Å². The SMILES string of the molecule is C[C@@H]1CCCCN1C(=O)Cn1cc(/C=C2\SC(=O)N(c3cccc(Cl)c3)C2=O)c2cc(Br)ccc21. The summed E-state index contributed by atoms with van der Waals surface area (Å²) in [6.07, 6.45) is 6.83. The fourth-order valence-corrected chi connectivity index (χ4v) is 6.07. The molecule has 3 heterocycles. The zero-order valence-electron chi connectivity index (χ0n) is 19.0. The van der Waals surface area contributed by atoms with E-state index >= 15 is 0 Å². The Morgan fingerprint density at radius 3 is 2.80 bits per heavy atom. The van der Waals surface area contributed by atoms with Crippen LogP contribution in [0.4, 0.5) is 10.5 Å². The van der Waals surface area contributed by atoms with Crippen molar-refractivity contribution < 1.29 is 14.4 Å². The van der Waals surface area contributed by atoms with Gasteiger partial charge in [-0.05, 0) is 80.4 Å². The molecule has 0 bridgehead atoms. The first-order chi connectivity index (χ1) is 16.8. The quantitative estimate of drug-likeness (QED) is 0.327. The van der Waals surface area contributed by atoms with Crippen LogP contribution in [0.2, 0.25) is 5.02 Å². The number of benzene rings is 2. The van der Waals surface area contributed by atoms with Gasteiger partial charge in [0.15, 0.2) is 0 Å². The number of fused-ring (bicyclic) bond motifs is 1. The molecule has 0 spiro atoms. The predicted octanol–water partition coefficient (Wildman–Crippen LogP) is 6.70. The fourth-order valence-electron chi connectivity index (χ4n) is 4.69. The highest BCUT2D eigenvalue weighted by Gasteiger charge is 2.36. The average molecular weight is 573 g/mol. The molecule has 0 unspecified atom stereocenters. The van der Waals surface area contributed by atoms with E-state index in [1.165, 1.54) is 0 Å². The number of carbonyl (C=O) groups excluding carboxylic acids is 3. The molecule has 2 fully saturated rings. The monoisotopic (exact) mass is 571 g/mol. The molecule has 1 atom stereocenters. The molecule has 3 amide bonds. The van der Waals surface area contributed by atoms with Crippen LogP contribution in [0.5, 0.6) is 0 Å². The average Bonchev–Trinajstić information content (AvgIpc) is 3.29. The molecule has 3 aromatic rings. The number of rotatable bonds is 4. The highest BCUT2D eigenvalue weighted by molar-refractivity contribution is 9.10. The zero-order chi connectivity index (χ0) is 24.7. The van der Waals surface area contributed by atoms with Crippen LogP contribution in [-0.2, 0) is 16.1 Å². The Morgan fingerprint density at radius 2 is 2.03 bits per heavy atom. The van der Waals surface area contributed by atoms with E-state index in [0.717, 1.165) is 63.4 Å². The lowest BCUT2D eigenvalue weighted by Crippen LogP contribution is -2.43. The zero-order valence-corrected chi connectivity index (χ0v) is 22.2. The van der Waals surface area contributed by atoms with E-state index in [0.29, 0.717) is 15.6 Å². The van der Waals surface area contributed by atoms with Crippen LogP contribution in [0.15, 0.2) is 58.0 Å². The topological polar surface area (TPSA) is 62.6 Å². The van der Waals surface area contributed by atoms with Gasteiger partial charge >= 0.3 is 0 Å². The molecule has 5 rings (SSSR count). The number of amides is 3. The third kappa shape index (κ3) is 4.79. The molecule has 1 aromatic heterocycles. The number of imide groups is 1. The van der Waals surface area contributed by atoms with Crippen molar-refractivity contribution in [2.24, 2.45) is 0 Å². The highest BCUT2D eigenvalue weighted by Crippen LogP contribution is 2.38. The van der Waals surface area contributed by atoms with Crippen LogP contribution in [0.3, 0.4) is 0 Å². The molecule has 0 N–H and O–H groups in total. The van der Waals surface area contributed by atoms with E-state index in [1.54, 1.807) is 30.3 Å². The van der Waals surface area contributed by atoms with E-state index in [-0.39, 0.29) is 23.7 Å². The van der Waals surface area contributed by atoms with Gasteiger partial charge in [0, 0.05) is 44.7 Å². The maximum absolute atomic E-state index is 13.2. The van der Waals surface area contributed by atoms with Gasteiger partial charge in [0.1, 0.15) is 6.54 Å². The van der Waals surface area contributed by atoms with Crippen molar-refractivity contribution in [3.8, 4) is 0 Å². The van der Waals surface area contributed by atoms with Crippen LogP contribution < -0.4 is 4.90 Å². The molecule has 6 nitrogen and oxygen atoms in total. The number of hydrogen-bond donors (Lipinski definition) is 0. The van der Waals surface area contributed by atoms with Gasteiger partial charge in [-0.3, -0.25) is 14.4 Å². The molecule has 2 aromatic carbocycles. The van der Waals surface area contributed by atoms with Gasteiger partial charge in [0.25, 0.3) is 11.1 Å².